The SMILES string of the molecule is CC(=O)N[C@@](C)(C(=O)O)C(C)(C)C. The molecule has 0 radical (unpaired) electrons. The lowest BCUT2D eigenvalue weighted by Gasteiger charge is -2.38. The van der Waals surface area contributed by atoms with Crippen LogP contribution in [-0.4, -0.2) is 22.5 Å². The maximum Gasteiger partial charge on any atom is 0.329 e. The smallest absolute Gasteiger partial charge is 0.329 e. The Labute approximate surface area is 78.3 Å². The maximum atomic E-state index is 11.0. The first-order valence-corrected chi connectivity index (χ1v) is 4.13. The van der Waals surface area contributed by atoms with Crippen LogP contribution < -0.4 is 5.32 Å². The number of carbonyl (C=O) groups excluding carboxylic acids is 1. The Bertz CT molecular complexity index is 230. The summed E-state index contributed by atoms with van der Waals surface area (Å²) in [6.07, 6.45) is 0. The van der Waals surface area contributed by atoms with E-state index >= 15 is 0 Å². The Hall–Kier alpha value is -1.06. The molecule has 0 aliphatic rings. The first-order valence-electron chi connectivity index (χ1n) is 4.13. The molecule has 4 nitrogen and oxygen atoms in total. The van der Waals surface area contributed by atoms with Crippen molar-refractivity contribution in [1.82, 2.24) is 5.32 Å². The molecule has 0 aliphatic heterocycles. The Morgan fingerprint density at radius 1 is 1.15 bits per heavy atom. The standard InChI is InChI=1S/C9H17NO3/c1-6(11)10-9(5,7(12)13)8(2,3)4/h1-5H3,(H,10,11)(H,12,13)/t9-/m0/s1. The van der Waals surface area contributed by atoms with E-state index in [0.29, 0.717) is 0 Å². The first-order chi connectivity index (χ1) is 5.61. The van der Waals surface area contributed by atoms with E-state index < -0.39 is 16.9 Å². The highest BCUT2D eigenvalue weighted by Gasteiger charge is 2.45. The van der Waals surface area contributed by atoms with Gasteiger partial charge in [0.2, 0.25) is 5.91 Å². The molecule has 1 amide bonds. The van der Waals surface area contributed by atoms with Crippen LogP contribution in [-0.2, 0) is 9.59 Å². The van der Waals surface area contributed by atoms with Gasteiger partial charge in [0.05, 0.1) is 0 Å². The lowest BCUT2D eigenvalue weighted by Crippen LogP contribution is -2.59. The van der Waals surface area contributed by atoms with Gasteiger partial charge in [-0.05, 0) is 12.3 Å². The van der Waals surface area contributed by atoms with Crippen LogP contribution in [0.2, 0.25) is 0 Å². The molecular formula is C9H17NO3. The van der Waals surface area contributed by atoms with E-state index in [2.05, 4.69) is 5.32 Å². The summed E-state index contributed by atoms with van der Waals surface area (Å²) in [4.78, 5) is 21.8. The number of nitrogens with one attached hydrogen (secondary N) is 1. The normalized spacial score (nSPS) is 16.1. The summed E-state index contributed by atoms with van der Waals surface area (Å²) in [5, 5.41) is 11.5. The van der Waals surface area contributed by atoms with Crippen LogP contribution in [0.1, 0.15) is 34.6 Å². The molecule has 2 N–H and O–H groups in total. The van der Waals surface area contributed by atoms with Crippen LogP contribution in [0.4, 0.5) is 0 Å². The van der Waals surface area contributed by atoms with Crippen molar-refractivity contribution < 1.29 is 14.7 Å². The molecule has 0 aromatic heterocycles. The number of aliphatic carboxylic acids is 1. The zero-order valence-electron chi connectivity index (χ0n) is 8.76. The lowest BCUT2D eigenvalue weighted by molar-refractivity contribution is -0.151. The van der Waals surface area contributed by atoms with Gasteiger partial charge in [-0.25, -0.2) is 4.79 Å². The maximum absolute atomic E-state index is 11.0. The lowest BCUT2D eigenvalue weighted by atomic mass is 9.75. The number of hydrogen-bond acceptors (Lipinski definition) is 2. The van der Waals surface area contributed by atoms with Crippen LogP contribution in [0, 0.1) is 5.41 Å². The molecule has 0 unspecified atom stereocenters. The van der Waals surface area contributed by atoms with Gasteiger partial charge in [-0.2, -0.15) is 0 Å². The Morgan fingerprint density at radius 2 is 1.54 bits per heavy atom. The molecule has 1 atom stereocenters. The summed E-state index contributed by atoms with van der Waals surface area (Å²) in [5.74, 6) is -1.35. The van der Waals surface area contributed by atoms with Gasteiger partial charge in [0, 0.05) is 6.92 Å². The van der Waals surface area contributed by atoms with Crippen molar-refractivity contribution in [3.05, 3.63) is 0 Å². The molecule has 0 aromatic carbocycles. The van der Waals surface area contributed by atoms with E-state index in [0.717, 1.165) is 0 Å². The van der Waals surface area contributed by atoms with Crippen LogP contribution in [0.5, 0.6) is 0 Å². The van der Waals surface area contributed by atoms with Crippen LogP contribution in [0.15, 0.2) is 0 Å². The molecule has 0 aliphatic carbocycles. The highest BCUT2D eigenvalue weighted by atomic mass is 16.4. The summed E-state index contributed by atoms with van der Waals surface area (Å²) in [7, 11) is 0. The number of carboxylic acid groups (broad SMARTS) is 1. The number of carbonyl (C=O) groups is 2. The number of hydrogen-bond donors (Lipinski definition) is 2. The predicted molar refractivity (Wildman–Crippen MR) is 49.3 cm³/mol. The minimum Gasteiger partial charge on any atom is -0.479 e. The van der Waals surface area contributed by atoms with Gasteiger partial charge < -0.3 is 10.4 Å². The minimum absolute atomic E-state index is 0.333. The topological polar surface area (TPSA) is 66.4 Å². The first kappa shape index (κ1) is 11.9. The van der Waals surface area contributed by atoms with Crippen LogP contribution in [0.25, 0.3) is 0 Å². The van der Waals surface area contributed by atoms with E-state index in [9.17, 15) is 9.59 Å². The summed E-state index contributed by atoms with van der Waals surface area (Å²) < 4.78 is 0. The third-order valence-electron chi connectivity index (χ3n) is 2.35. The van der Waals surface area contributed by atoms with E-state index in [4.69, 9.17) is 5.11 Å². The summed E-state index contributed by atoms with van der Waals surface area (Å²) in [5.41, 5.74) is -1.75. The fraction of sp³-hybridized carbons (Fsp3) is 0.778. The molecule has 4 heteroatoms. The predicted octanol–water partition coefficient (Wildman–Crippen LogP) is 1.01. The number of amides is 1. The summed E-state index contributed by atoms with van der Waals surface area (Å²) >= 11 is 0. The Morgan fingerprint density at radius 3 is 1.62 bits per heavy atom. The fourth-order valence-electron chi connectivity index (χ4n) is 0.914. The van der Waals surface area contributed by atoms with Crippen molar-refractivity contribution in [3.63, 3.8) is 0 Å². The molecule has 0 saturated carbocycles. The van der Waals surface area contributed by atoms with E-state index in [1.54, 1.807) is 20.8 Å². The van der Waals surface area contributed by atoms with Crippen molar-refractivity contribution in [3.8, 4) is 0 Å². The molecular weight excluding hydrogens is 170 g/mol. The highest BCUT2D eigenvalue weighted by Crippen LogP contribution is 2.30. The molecule has 0 fully saturated rings. The van der Waals surface area contributed by atoms with Crippen molar-refractivity contribution in [2.75, 3.05) is 0 Å². The van der Waals surface area contributed by atoms with Gasteiger partial charge in [0.1, 0.15) is 5.54 Å². The van der Waals surface area contributed by atoms with Gasteiger partial charge in [0.25, 0.3) is 0 Å². The monoisotopic (exact) mass is 187 g/mol. The Balaban J connectivity index is 4.96. The molecule has 13 heavy (non-hydrogen) atoms. The molecule has 0 spiro atoms. The third kappa shape index (κ3) is 2.44. The molecule has 0 bridgehead atoms. The molecule has 0 heterocycles. The zero-order chi connectivity index (χ0) is 10.9. The summed E-state index contributed by atoms with van der Waals surface area (Å²) in [6, 6.07) is 0. The van der Waals surface area contributed by atoms with Gasteiger partial charge in [-0.15, -0.1) is 0 Å². The van der Waals surface area contributed by atoms with E-state index in [1.807, 2.05) is 0 Å². The average Bonchev–Trinajstić information content (AvgIpc) is 1.82. The molecule has 0 saturated heterocycles. The second kappa shape index (κ2) is 3.36. The van der Waals surface area contributed by atoms with Gasteiger partial charge >= 0.3 is 5.97 Å². The van der Waals surface area contributed by atoms with E-state index in [1.165, 1.54) is 13.8 Å². The quantitative estimate of drug-likeness (QED) is 0.678. The minimum atomic E-state index is -1.22. The number of carboxylic acids is 1. The van der Waals surface area contributed by atoms with Crippen LogP contribution >= 0.6 is 0 Å². The second-order valence-electron chi connectivity index (χ2n) is 4.36. The van der Waals surface area contributed by atoms with Crippen molar-refractivity contribution in [2.24, 2.45) is 5.41 Å². The van der Waals surface area contributed by atoms with Crippen LogP contribution in [0.3, 0.4) is 0 Å². The Kier molecular flexibility index (Phi) is 3.08. The molecule has 76 valence electrons. The number of rotatable bonds is 2. The largest absolute Gasteiger partial charge is 0.479 e. The van der Waals surface area contributed by atoms with Crippen molar-refractivity contribution >= 4 is 11.9 Å². The summed E-state index contributed by atoms with van der Waals surface area (Å²) in [6.45, 7) is 8.15. The highest BCUT2D eigenvalue weighted by molar-refractivity contribution is 5.86. The van der Waals surface area contributed by atoms with Crippen molar-refractivity contribution in [1.29, 1.82) is 0 Å². The van der Waals surface area contributed by atoms with Gasteiger partial charge in [-0.3, -0.25) is 4.79 Å². The zero-order valence-corrected chi connectivity index (χ0v) is 8.76. The average molecular weight is 187 g/mol. The second-order valence-corrected chi connectivity index (χ2v) is 4.36. The molecule has 0 aromatic rings. The third-order valence-corrected chi connectivity index (χ3v) is 2.35. The van der Waals surface area contributed by atoms with Gasteiger partial charge in [0.15, 0.2) is 0 Å². The van der Waals surface area contributed by atoms with Gasteiger partial charge in [-0.1, -0.05) is 20.8 Å². The fourth-order valence-corrected chi connectivity index (χ4v) is 0.914. The molecule has 0 rings (SSSR count). The van der Waals surface area contributed by atoms with Crippen molar-refractivity contribution in [2.45, 2.75) is 40.2 Å². The van der Waals surface area contributed by atoms with E-state index in [-0.39, 0.29) is 5.91 Å².